The van der Waals surface area contributed by atoms with Gasteiger partial charge in [-0.05, 0) is 41.9 Å². The second-order valence-electron chi connectivity index (χ2n) is 5.34. The molecule has 2 amide bonds. The number of carbonyl (C=O) groups excluding carboxylic acids is 2. The molecule has 0 spiro atoms. The van der Waals surface area contributed by atoms with Crippen LogP contribution < -0.4 is 16.2 Å². The molecule has 7 heteroatoms. The highest BCUT2D eigenvalue weighted by atomic mass is 35.5. The summed E-state index contributed by atoms with van der Waals surface area (Å²) < 4.78 is 0. The number of amides is 2. The van der Waals surface area contributed by atoms with Gasteiger partial charge in [0.25, 0.3) is 0 Å². The second kappa shape index (κ2) is 9.76. The van der Waals surface area contributed by atoms with Crippen molar-refractivity contribution < 1.29 is 9.59 Å². The molecule has 0 fully saturated rings. The van der Waals surface area contributed by atoms with E-state index in [-0.39, 0.29) is 23.3 Å². The Morgan fingerprint density at radius 3 is 2.24 bits per heavy atom. The fraction of sp³-hybridized carbons (Fsp3) is 0.167. The number of rotatable bonds is 5. The topological polar surface area (TPSA) is 70.2 Å². The summed E-state index contributed by atoms with van der Waals surface area (Å²) in [5, 5.41) is 3.16. The van der Waals surface area contributed by atoms with E-state index in [2.05, 4.69) is 16.2 Å². The molecule has 0 unspecified atom stereocenters. The van der Waals surface area contributed by atoms with Crippen molar-refractivity contribution in [2.45, 2.75) is 19.3 Å². The van der Waals surface area contributed by atoms with Crippen molar-refractivity contribution in [1.29, 1.82) is 0 Å². The average Bonchev–Trinajstić information content (AvgIpc) is 2.61. The van der Waals surface area contributed by atoms with E-state index in [0.717, 1.165) is 11.1 Å². The van der Waals surface area contributed by atoms with Crippen LogP contribution in [0, 0.1) is 0 Å². The third-order valence-electron chi connectivity index (χ3n) is 3.33. The molecule has 0 saturated carbocycles. The van der Waals surface area contributed by atoms with Crippen LogP contribution in [0.2, 0.25) is 5.02 Å². The van der Waals surface area contributed by atoms with Gasteiger partial charge >= 0.3 is 0 Å². The Morgan fingerprint density at radius 2 is 1.56 bits per heavy atom. The lowest BCUT2D eigenvalue weighted by Crippen LogP contribution is -2.48. The van der Waals surface area contributed by atoms with Crippen LogP contribution in [-0.4, -0.2) is 16.9 Å². The molecule has 0 bridgehead atoms. The molecule has 0 atom stereocenters. The van der Waals surface area contributed by atoms with Crippen LogP contribution in [0.4, 0.5) is 0 Å². The van der Waals surface area contributed by atoms with E-state index in [9.17, 15) is 9.59 Å². The van der Waals surface area contributed by atoms with Crippen LogP contribution in [0.1, 0.15) is 17.5 Å². The average molecular weight is 376 g/mol. The van der Waals surface area contributed by atoms with Gasteiger partial charge in [-0.15, -0.1) is 0 Å². The fourth-order valence-electron chi connectivity index (χ4n) is 2.08. The molecular formula is C18H18ClN3O2S. The molecule has 0 aromatic heterocycles. The summed E-state index contributed by atoms with van der Waals surface area (Å²) in [6.45, 7) is 0. The van der Waals surface area contributed by atoms with Gasteiger partial charge in [-0.1, -0.05) is 54.1 Å². The minimum absolute atomic E-state index is 0.0482. The van der Waals surface area contributed by atoms with Gasteiger partial charge in [0.2, 0.25) is 11.8 Å². The Hall–Kier alpha value is -2.44. The van der Waals surface area contributed by atoms with Gasteiger partial charge in [0, 0.05) is 11.4 Å². The quantitative estimate of drug-likeness (QED) is 0.555. The number of hydrazine groups is 1. The van der Waals surface area contributed by atoms with Gasteiger partial charge < -0.3 is 5.32 Å². The molecule has 2 aromatic carbocycles. The number of benzene rings is 2. The van der Waals surface area contributed by atoms with Crippen LogP contribution in [0.25, 0.3) is 0 Å². The summed E-state index contributed by atoms with van der Waals surface area (Å²) in [6.07, 6.45) is 1.11. The molecule has 0 radical (unpaired) electrons. The lowest BCUT2D eigenvalue weighted by Gasteiger charge is -2.11. The molecular weight excluding hydrogens is 358 g/mol. The number of aryl methyl sites for hydroxylation is 1. The number of nitrogens with one attached hydrogen (secondary N) is 3. The molecule has 0 aliphatic carbocycles. The molecule has 3 N–H and O–H groups in total. The summed E-state index contributed by atoms with van der Waals surface area (Å²) in [7, 11) is 0. The van der Waals surface area contributed by atoms with Gasteiger partial charge in [0.1, 0.15) is 0 Å². The van der Waals surface area contributed by atoms with E-state index >= 15 is 0 Å². The first-order chi connectivity index (χ1) is 12.0. The van der Waals surface area contributed by atoms with E-state index in [1.54, 1.807) is 24.3 Å². The minimum atomic E-state index is -0.279. The summed E-state index contributed by atoms with van der Waals surface area (Å²) in [5.41, 5.74) is 6.89. The van der Waals surface area contributed by atoms with Crippen molar-refractivity contribution in [2.24, 2.45) is 0 Å². The number of halogens is 1. The maximum Gasteiger partial charge on any atom is 0.238 e. The molecule has 0 aliphatic rings. The summed E-state index contributed by atoms with van der Waals surface area (Å²) in [4.78, 5) is 23.6. The minimum Gasteiger partial charge on any atom is -0.302 e. The monoisotopic (exact) mass is 375 g/mol. The van der Waals surface area contributed by atoms with E-state index in [4.69, 9.17) is 23.8 Å². The van der Waals surface area contributed by atoms with Crippen LogP contribution in [0.5, 0.6) is 0 Å². The Kier molecular flexibility index (Phi) is 7.37. The second-order valence-corrected chi connectivity index (χ2v) is 6.18. The molecule has 25 heavy (non-hydrogen) atoms. The third-order valence-corrected chi connectivity index (χ3v) is 3.79. The Balaban J connectivity index is 1.66. The number of hydrogen-bond donors (Lipinski definition) is 3. The molecule has 0 heterocycles. The molecule has 130 valence electrons. The van der Waals surface area contributed by atoms with E-state index in [1.165, 1.54) is 0 Å². The van der Waals surface area contributed by atoms with Gasteiger partial charge in [0.05, 0.1) is 6.42 Å². The summed E-state index contributed by atoms with van der Waals surface area (Å²) >= 11 is 10.8. The summed E-state index contributed by atoms with van der Waals surface area (Å²) in [5.74, 6) is -0.489. The van der Waals surface area contributed by atoms with E-state index in [0.29, 0.717) is 17.9 Å². The largest absolute Gasteiger partial charge is 0.302 e. The van der Waals surface area contributed by atoms with Crippen molar-refractivity contribution in [2.75, 3.05) is 0 Å². The van der Waals surface area contributed by atoms with Gasteiger partial charge in [0.15, 0.2) is 5.11 Å². The Morgan fingerprint density at radius 1 is 0.880 bits per heavy atom. The molecule has 0 saturated heterocycles. The third kappa shape index (κ3) is 7.32. The first-order valence-corrected chi connectivity index (χ1v) is 8.48. The highest BCUT2D eigenvalue weighted by molar-refractivity contribution is 7.80. The van der Waals surface area contributed by atoms with Crippen LogP contribution >= 0.6 is 23.8 Å². The molecule has 0 aliphatic heterocycles. The van der Waals surface area contributed by atoms with Gasteiger partial charge in [-0.25, -0.2) is 0 Å². The maximum absolute atomic E-state index is 11.9. The van der Waals surface area contributed by atoms with Crippen molar-refractivity contribution >= 4 is 40.7 Å². The zero-order chi connectivity index (χ0) is 18.1. The van der Waals surface area contributed by atoms with Crippen LogP contribution in [0.3, 0.4) is 0 Å². The predicted octanol–water partition coefficient (Wildman–Crippen LogP) is 2.54. The maximum atomic E-state index is 11.9. The van der Waals surface area contributed by atoms with Crippen molar-refractivity contribution in [3.8, 4) is 0 Å². The highest BCUT2D eigenvalue weighted by Crippen LogP contribution is 2.09. The standard InChI is InChI=1S/C18H18ClN3O2S/c19-15-9-6-14(7-10-15)12-17(24)20-18(25)22-21-16(23)11-8-13-4-2-1-3-5-13/h1-7,9-10H,8,11-12H2,(H,21,23)(H2,20,22,24,25). The Labute approximate surface area is 156 Å². The normalized spacial score (nSPS) is 9.96. The van der Waals surface area contributed by atoms with Gasteiger partial charge in [-0.2, -0.15) is 0 Å². The molecule has 2 rings (SSSR count). The zero-order valence-electron chi connectivity index (χ0n) is 13.4. The van der Waals surface area contributed by atoms with Crippen molar-refractivity contribution in [3.63, 3.8) is 0 Å². The first kappa shape index (κ1) is 18.9. The van der Waals surface area contributed by atoms with Crippen LogP contribution in [0.15, 0.2) is 54.6 Å². The smallest absolute Gasteiger partial charge is 0.238 e. The van der Waals surface area contributed by atoms with Crippen molar-refractivity contribution in [1.82, 2.24) is 16.2 Å². The van der Waals surface area contributed by atoms with E-state index in [1.807, 2.05) is 30.3 Å². The first-order valence-electron chi connectivity index (χ1n) is 7.70. The predicted molar refractivity (Wildman–Crippen MR) is 102 cm³/mol. The Bertz CT molecular complexity index is 736. The highest BCUT2D eigenvalue weighted by Gasteiger charge is 2.07. The SMILES string of the molecule is O=C(CCc1ccccc1)NNC(=S)NC(=O)Cc1ccc(Cl)cc1. The lowest BCUT2D eigenvalue weighted by molar-refractivity contribution is -0.122. The van der Waals surface area contributed by atoms with Crippen molar-refractivity contribution in [3.05, 3.63) is 70.7 Å². The lowest BCUT2D eigenvalue weighted by atomic mass is 10.1. The van der Waals surface area contributed by atoms with E-state index < -0.39 is 0 Å². The number of hydrogen-bond acceptors (Lipinski definition) is 3. The summed E-state index contributed by atoms with van der Waals surface area (Å²) in [6, 6.07) is 16.7. The number of thiocarbonyl (C=S) groups is 1. The molecule has 2 aromatic rings. The van der Waals surface area contributed by atoms with Gasteiger partial charge in [-0.3, -0.25) is 20.4 Å². The fourth-order valence-corrected chi connectivity index (χ4v) is 2.37. The van der Waals surface area contributed by atoms with Crippen LogP contribution in [-0.2, 0) is 22.4 Å². The molecule has 5 nitrogen and oxygen atoms in total. The number of carbonyl (C=O) groups is 2. The zero-order valence-corrected chi connectivity index (χ0v) is 15.0.